The molecule has 0 aliphatic carbocycles. The van der Waals surface area contributed by atoms with E-state index in [2.05, 4.69) is 0 Å². The number of halogens is 1. The molecule has 0 unspecified atom stereocenters. The van der Waals surface area contributed by atoms with E-state index in [1.165, 1.54) is 54.6 Å². The highest BCUT2D eigenvalue weighted by atomic mass is 32.2. The van der Waals surface area contributed by atoms with Crippen molar-refractivity contribution in [3.63, 3.8) is 0 Å². The molecule has 2 heterocycles. The van der Waals surface area contributed by atoms with Crippen molar-refractivity contribution in [2.24, 2.45) is 0 Å². The van der Waals surface area contributed by atoms with Crippen molar-refractivity contribution in [2.75, 3.05) is 0 Å². The Labute approximate surface area is 270 Å². The van der Waals surface area contributed by atoms with E-state index in [4.69, 9.17) is 4.74 Å². The smallest absolute Gasteiger partial charge is 0.268 e. The summed E-state index contributed by atoms with van der Waals surface area (Å²) in [5, 5.41) is 0.650. The minimum absolute atomic E-state index is 0.0672. The number of rotatable bonds is 9. The SMILES string of the molecule is O=C(c1cc2cc(OCc3ccccc3)ccc2n1S(=O)(=O)c1ccccc1)c1cc2ccc(F)cc2n1S(=O)(=O)c1ccccc1. The Balaban J connectivity index is 1.44. The van der Waals surface area contributed by atoms with Crippen molar-refractivity contribution >= 4 is 47.6 Å². The molecule has 47 heavy (non-hydrogen) atoms. The third kappa shape index (κ3) is 5.39. The van der Waals surface area contributed by atoms with Crippen LogP contribution in [0.2, 0.25) is 0 Å². The van der Waals surface area contributed by atoms with E-state index in [0.717, 1.165) is 25.6 Å². The van der Waals surface area contributed by atoms with Gasteiger partial charge in [-0.3, -0.25) is 4.79 Å². The molecular weight excluding hydrogens is 640 g/mol. The number of benzene rings is 5. The molecular formula is C36H25FN2O6S2. The first kappa shape index (κ1) is 30.2. The van der Waals surface area contributed by atoms with Crippen LogP contribution in [0.25, 0.3) is 21.8 Å². The second-order valence-electron chi connectivity index (χ2n) is 10.8. The summed E-state index contributed by atoms with van der Waals surface area (Å²) < 4.78 is 78.6. The van der Waals surface area contributed by atoms with Crippen molar-refractivity contribution in [3.05, 3.63) is 162 Å². The molecule has 0 saturated heterocycles. The van der Waals surface area contributed by atoms with Gasteiger partial charge in [-0.25, -0.2) is 29.2 Å². The van der Waals surface area contributed by atoms with Crippen LogP contribution < -0.4 is 4.74 Å². The van der Waals surface area contributed by atoms with Crippen LogP contribution in [0, 0.1) is 5.82 Å². The number of aromatic nitrogens is 2. The summed E-state index contributed by atoms with van der Waals surface area (Å²) in [5.74, 6) is -1.17. The number of hydrogen-bond acceptors (Lipinski definition) is 6. The quantitative estimate of drug-likeness (QED) is 0.154. The number of carbonyl (C=O) groups is 1. The van der Waals surface area contributed by atoms with Gasteiger partial charge in [0.05, 0.1) is 20.8 Å². The van der Waals surface area contributed by atoms with Crippen LogP contribution in [-0.4, -0.2) is 30.6 Å². The monoisotopic (exact) mass is 664 g/mol. The fourth-order valence-corrected chi connectivity index (χ4v) is 8.57. The third-order valence-corrected chi connectivity index (χ3v) is 11.2. The maximum absolute atomic E-state index is 14.6. The lowest BCUT2D eigenvalue weighted by atomic mass is 10.2. The Kier molecular flexibility index (Phi) is 7.50. The minimum atomic E-state index is -4.44. The second-order valence-corrected chi connectivity index (χ2v) is 14.3. The Morgan fingerprint density at radius 3 is 1.70 bits per heavy atom. The molecule has 0 spiro atoms. The van der Waals surface area contributed by atoms with Gasteiger partial charge in [0.25, 0.3) is 20.0 Å². The van der Waals surface area contributed by atoms with Crippen molar-refractivity contribution in [1.82, 2.24) is 7.94 Å². The van der Waals surface area contributed by atoms with Crippen LogP contribution in [0.5, 0.6) is 5.75 Å². The van der Waals surface area contributed by atoms with Gasteiger partial charge in [0.2, 0.25) is 5.78 Å². The van der Waals surface area contributed by atoms with Gasteiger partial charge >= 0.3 is 0 Å². The van der Waals surface area contributed by atoms with Crippen LogP contribution in [0.1, 0.15) is 21.7 Å². The van der Waals surface area contributed by atoms with Crippen LogP contribution in [-0.2, 0) is 26.7 Å². The lowest BCUT2D eigenvalue weighted by molar-refractivity contribution is 0.102. The van der Waals surface area contributed by atoms with E-state index < -0.39 is 31.6 Å². The number of ketones is 1. The summed E-state index contributed by atoms with van der Waals surface area (Å²) in [7, 11) is -8.82. The molecule has 0 aliphatic heterocycles. The molecule has 5 aromatic carbocycles. The van der Waals surface area contributed by atoms with Crippen LogP contribution in [0.3, 0.4) is 0 Å². The average molecular weight is 665 g/mol. The number of carbonyl (C=O) groups excluding carboxylic acids is 1. The average Bonchev–Trinajstić information content (AvgIpc) is 3.67. The Morgan fingerprint density at radius 2 is 1.11 bits per heavy atom. The summed E-state index contributed by atoms with van der Waals surface area (Å²) in [6.45, 7) is 0.259. The van der Waals surface area contributed by atoms with Gasteiger partial charge in [-0.05, 0) is 78.4 Å². The van der Waals surface area contributed by atoms with Gasteiger partial charge in [0.1, 0.15) is 29.6 Å². The van der Waals surface area contributed by atoms with Crippen molar-refractivity contribution < 1.29 is 30.8 Å². The highest BCUT2D eigenvalue weighted by molar-refractivity contribution is 7.90. The first-order valence-corrected chi connectivity index (χ1v) is 17.3. The summed E-state index contributed by atoms with van der Waals surface area (Å²) in [5.41, 5.74) is 0.377. The van der Waals surface area contributed by atoms with Gasteiger partial charge in [-0.15, -0.1) is 0 Å². The summed E-state index contributed by atoms with van der Waals surface area (Å²) >= 11 is 0. The van der Waals surface area contributed by atoms with Gasteiger partial charge in [0.15, 0.2) is 0 Å². The highest BCUT2D eigenvalue weighted by Crippen LogP contribution is 2.33. The zero-order chi connectivity index (χ0) is 32.8. The third-order valence-electron chi connectivity index (χ3n) is 7.73. The van der Waals surface area contributed by atoms with Crippen molar-refractivity contribution in [2.45, 2.75) is 16.4 Å². The molecule has 0 aliphatic rings. The minimum Gasteiger partial charge on any atom is -0.489 e. The molecule has 7 aromatic rings. The Morgan fingerprint density at radius 1 is 0.574 bits per heavy atom. The molecule has 8 nitrogen and oxygen atoms in total. The highest BCUT2D eigenvalue weighted by Gasteiger charge is 2.32. The Hall–Kier alpha value is -5.52. The lowest BCUT2D eigenvalue weighted by Gasteiger charge is -2.14. The molecule has 0 atom stereocenters. The summed E-state index contributed by atoms with van der Waals surface area (Å²) in [4.78, 5) is 14.4. The number of hydrogen-bond donors (Lipinski definition) is 0. The van der Waals surface area contributed by atoms with Crippen LogP contribution >= 0.6 is 0 Å². The van der Waals surface area contributed by atoms with Crippen molar-refractivity contribution in [3.8, 4) is 5.75 Å². The number of ether oxygens (including phenoxy) is 1. The van der Waals surface area contributed by atoms with Gasteiger partial charge in [-0.1, -0.05) is 66.7 Å². The number of fused-ring (bicyclic) bond motifs is 2. The molecule has 0 fully saturated rings. The molecule has 0 bridgehead atoms. The zero-order valence-corrected chi connectivity index (χ0v) is 26.2. The summed E-state index contributed by atoms with van der Waals surface area (Å²) in [6.07, 6.45) is 0. The molecule has 0 amide bonds. The van der Waals surface area contributed by atoms with Crippen molar-refractivity contribution in [1.29, 1.82) is 0 Å². The standard InChI is InChI=1S/C36H25FN2O6S2/c37-28-17-16-26-21-34(39(33(26)23-28)47(43,44)31-14-8-3-9-15-31)36(40)35-22-27-20-29(45-24-25-10-4-1-5-11-25)18-19-32(27)38(35)46(41,42)30-12-6-2-7-13-30/h1-23H,24H2. The van der Waals surface area contributed by atoms with E-state index in [1.807, 2.05) is 30.3 Å². The van der Waals surface area contributed by atoms with E-state index in [1.54, 1.807) is 42.5 Å². The lowest BCUT2D eigenvalue weighted by Crippen LogP contribution is -2.23. The summed E-state index contributed by atoms with van der Waals surface area (Å²) in [6, 6.07) is 35.6. The first-order valence-electron chi connectivity index (χ1n) is 14.4. The molecule has 2 aromatic heterocycles. The van der Waals surface area contributed by atoms with E-state index in [9.17, 15) is 26.0 Å². The number of nitrogens with zero attached hydrogens (tertiary/aromatic N) is 2. The van der Waals surface area contributed by atoms with E-state index in [0.29, 0.717) is 11.1 Å². The normalized spacial score (nSPS) is 12.0. The van der Waals surface area contributed by atoms with Crippen LogP contribution in [0.15, 0.2) is 149 Å². The second kappa shape index (κ2) is 11.7. The molecule has 0 N–H and O–H groups in total. The first-order chi connectivity index (χ1) is 22.6. The fraction of sp³-hybridized carbons (Fsp3) is 0.0278. The molecule has 0 radical (unpaired) electrons. The van der Waals surface area contributed by atoms with Gasteiger partial charge < -0.3 is 4.74 Å². The maximum atomic E-state index is 14.6. The predicted molar refractivity (Wildman–Crippen MR) is 176 cm³/mol. The zero-order valence-electron chi connectivity index (χ0n) is 24.5. The topological polar surface area (TPSA) is 104 Å². The Bertz CT molecular complexity index is 2510. The fourth-order valence-electron chi connectivity index (χ4n) is 5.51. The van der Waals surface area contributed by atoms with Gasteiger partial charge in [0, 0.05) is 10.8 Å². The van der Waals surface area contributed by atoms with Gasteiger partial charge in [-0.2, -0.15) is 0 Å². The molecule has 11 heteroatoms. The van der Waals surface area contributed by atoms with E-state index in [-0.39, 0.29) is 44.2 Å². The molecule has 0 saturated carbocycles. The largest absolute Gasteiger partial charge is 0.489 e. The molecule has 7 rings (SSSR count). The molecule has 234 valence electrons. The van der Waals surface area contributed by atoms with Crippen LogP contribution in [0.4, 0.5) is 4.39 Å². The predicted octanol–water partition coefficient (Wildman–Crippen LogP) is 7.02. The maximum Gasteiger partial charge on any atom is 0.268 e. The van der Waals surface area contributed by atoms with E-state index >= 15 is 0 Å².